The van der Waals surface area contributed by atoms with Crippen molar-refractivity contribution in [2.24, 2.45) is 23.5 Å². The number of hydrogen-bond donors (Lipinski definition) is 1. The van der Waals surface area contributed by atoms with Gasteiger partial charge < -0.3 is 15.4 Å². The van der Waals surface area contributed by atoms with Crippen molar-refractivity contribution < 1.29 is 4.74 Å². The Hall–Kier alpha value is -0.120. The van der Waals surface area contributed by atoms with E-state index in [0.29, 0.717) is 6.04 Å². The zero-order valence-corrected chi connectivity index (χ0v) is 12.8. The molecule has 2 unspecified atom stereocenters. The molecular weight excluding hydrogens is 236 g/mol. The van der Waals surface area contributed by atoms with E-state index in [9.17, 15) is 0 Å². The number of ether oxygens (including phenoxy) is 1. The van der Waals surface area contributed by atoms with Gasteiger partial charge in [-0.1, -0.05) is 19.8 Å². The standard InChI is InChI=1S/C16H32N2O/c1-13-5-7-15(8-6-13)16(10-17)18(2)11-14-4-3-9-19-12-14/h13-16H,3-12,17H2,1-2H3. The van der Waals surface area contributed by atoms with E-state index < -0.39 is 0 Å². The van der Waals surface area contributed by atoms with Crippen LogP contribution in [0, 0.1) is 17.8 Å². The van der Waals surface area contributed by atoms with E-state index in [1.54, 1.807) is 0 Å². The lowest BCUT2D eigenvalue weighted by atomic mass is 9.78. The predicted molar refractivity (Wildman–Crippen MR) is 80.1 cm³/mol. The van der Waals surface area contributed by atoms with Gasteiger partial charge in [0.05, 0.1) is 6.61 Å². The lowest BCUT2D eigenvalue weighted by Gasteiger charge is -2.39. The number of rotatable bonds is 5. The van der Waals surface area contributed by atoms with E-state index in [1.807, 2.05) is 0 Å². The first-order valence-corrected chi connectivity index (χ1v) is 8.18. The largest absolute Gasteiger partial charge is 0.381 e. The highest BCUT2D eigenvalue weighted by Crippen LogP contribution is 2.32. The van der Waals surface area contributed by atoms with Crippen LogP contribution in [0.25, 0.3) is 0 Å². The second-order valence-electron chi connectivity index (χ2n) is 6.85. The van der Waals surface area contributed by atoms with Crippen LogP contribution in [-0.4, -0.2) is 44.3 Å². The van der Waals surface area contributed by atoms with Crippen molar-refractivity contribution in [1.82, 2.24) is 4.90 Å². The van der Waals surface area contributed by atoms with Crippen LogP contribution in [0.5, 0.6) is 0 Å². The average Bonchev–Trinajstić information content (AvgIpc) is 2.43. The average molecular weight is 268 g/mol. The smallest absolute Gasteiger partial charge is 0.0506 e. The molecule has 2 atom stereocenters. The van der Waals surface area contributed by atoms with Gasteiger partial charge in [-0.3, -0.25) is 0 Å². The topological polar surface area (TPSA) is 38.5 Å². The van der Waals surface area contributed by atoms with Crippen LogP contribution in [0.3, 0.4) is 0 Å². The van der Waals surface area contributed by atoms with Crippen molar-refractivity contribution in [1.29, 1.82) is 0 Å². The van der Waals surface area contributed by atoms with Gasteiger partial charge in [0.25, 0.3) is 0 Å². The molecule has 19 heavy (non-hydrogen) atoms. The molecule has 1 aliphatic carbocycles. The number of nitrogens with zero attached hydrogens (tertiary/aromatic N) is 1. The number of hydrogen-bond acceptors (Lipinski definition) is 3. The summed E-state index contributed by atoms with van der Waals surface area (Å²) < 4.78 is 5.60. The van der Waals surface area contributed by atoms with Crippen molar-refractivity contribution in [3.63, 3.8) is 0 Å². The van der Waals surface area contributed by atoms with Crippen molar-refractivity contribution in [2.75, 3.05) is 33.4 Å². The summed E-state index contributed by atoms with van der Waals surface area (Å²) in [5.41, 5.74) is 6.07. The summed E-state index contributed by atoms with van der Waals surface area (Å²) in [5.74, 6) is 2.46. The third-order valence-electron chi connectivity index (χ3n) is 5.21. The van der Waals surface area contributed by atoms with Gasteiger partial charge in [-0.25, -0.2) is 0 Å². The molecule has 0 bridgehead atoms. The first-order chi connectivity index (χ1) is 9.20. The molecule has 0 radical (unpaired) electrons. The SMILES string of the molecule is CC1CCC(C(CN)N(C)CC2CCCOC2)CC1. The van der Waals surface area contributed by atoms with Crippen molar-refractivity contribution in [3.8, 4) is 0 Å². The summed E-state index contributed by atoms with van der Waals surface area (Å²) in [6.07, 6.45) is 8.07. The molecule has 2 N–H and O–H groups in total. The van der Waals surface area contributed by atoms with Gasteiger partial charge >= 0.3 is 0 Å². The molecule has 2 rings (SSSR count). The highest BCUT2D eigenvalue weighted by molar-refractivity contribution is 4.84. The summed E-state index contributed by atoms with van der Waals surface area (Å²) in [7, 11) is 2.27. The van der Waals surface area contributed by atoms with Gasteiger partial charge in [-0.2, -0.15) is 0 Å². The summed E-state index contributed by atoms with van der Waals surface area (Å²) in [6, 6.07) is 0.578. The monoisotopic (exact) mass is 268 g/mol. The van der Waals surface area contributed by atoms with Crippen molar-refractivity contribution >= 4 is 0 Å². The first-order valence-electron chi connectivity index (χ1n) is 8.18. The van der Waals surface area contributed by atoms with Gasteiger partial charge in [0.15, 0.2) is 0 Å². The van der Waals surface area contributed by atoms with Crippen LogP contribution < -0.4 is 5.73 Å². The fourth-order valence-corrected chi connectivity index (χ4v) is 3.90. The minimum Gasteiger partial charge on any atom is -0.381 e. The Labute approximate surface area is 118 Å². The second kappa shape index (κ2) is 7.61. The number of likely N-dealkylation sites (N-methyl/N-ethyl adjacent to an activating group) is 1. The molecule has 2 aliphatic rings. The van der Waals surface area contributed by atoms with E-state index >= 15 is 0 Å². The molecule has 3 nitrogen and oxygen atoms in total. The van der Waals surface area contributed by atoms with E-state index in [2.05, 4.69) is 18.9 Å². The Morgan fingerprint density at radius 2 is 1.95 bits per heavy atom. The third-order valence-corrected chi connectivity index (χ3v) is 5.21. The van der Waals surface area contributed by atoms with Crippen LogP contribution in [0.1, 0.15) is 45.4 Å². The fraction of sp³-hybridized carbons (Fsp3) is 1.00. The normalized spacial score (nSPS) is 34.4. The predicted octanol–water partition coefficient (Wildman–Crippen LogP) is 2.50. The van der Waals surface area contributed by atoms with Gasteiger partial charge in [-0.05, 0) is 50.5 Å². The molecule has 3 heteroatoms. The second-order valence-corrected chi connectivity index (χ2v) is 6.85. The molecule has 0 aromatic heterocycles. The third kappa shape index (κ3) is 4.44. The molecule has 1 heterocycles. The first kappa shape index (κ1) is 15.3. The van der Waals surface area contributed by atoms with Crippen molar-refractivity contribution in [2.45, 2.75) is 51.5 Å². The van der Waals surface area contributed by atoms with Crippen molar-refractivity contribution in [3.05, 3.63) is 0 Å². The highest BCUT2D eigenvalue weighted by Gasteiger charge is 2.29. The Kier molecular flexibility index (Phi) is 6.11. The molecule has 1 saturated carbocycles. The quantitative estimate of drug-likeness (QED) is 0.832. The highest BCUT2D eigenvalue weighted by atomic mass is 16.5. The summed E-state index contributed by atoms with van der Waals surface area (Å²) in [4.78, 5) is 2.53. The van der Waals surface area contributed by atoms with Crippen LogP contribution in [0.15, 0.2) is 0 Å². The molecule has 2 fully saturated rings. The molecule has 1 saturated heterocycles. The van der Waals surface area contributed by atoms with E-state index in [-0.39, 0.29) is 0 Å². The van der Waals surface area contributed by atoms with E-state index in [1.165, 1.54) is 38.5 Å². The van der Waals surface area contributed by atoms with Gasteiger partial charge in [0.2, 0.25) is 0 Å². The zero-order chi connectivity index (χ0) is 13.7. The van der Waals surface area contributed by atoms with Gasteiger partial charge in [-0.15, -0.1) is 0 Å². The van der Waals surface area contributed by atoms with Crippen LogP contribution >= 0.6 is 0 Å². The van der Waals surface area contributed by atoms with Gasteiger partial charge in [0, 0.05) is 25.7 Å². The molecule has 1 aliphatic heterocycles. The Morgan fingerprint density at radius 1 is 1.21 bits per heavy atom. The fourth-order valence-electron chi connectivity index (χ4n) is 3.90. The zero-order valence-electron chi connectivity index (χ0n) is 12.8. The van der Waals surface area contributed by atoms with Gasteiger partial charge in [0.1, 0.15) is 0 Å². The minimum atomic E-state index is 0.578. The Morgan fingerprint density at radius 3 is 2.53 bits per heavy atom. The molecule has 112 valence electrons. The van der Waals surface area contributed by atoms with Crippen LogP contribution in [0.4, 0.5) is 0 Å². The maximum absolute atomic E-state index is 6.07. The Bertz CT molecular complexity index is 245. The maximum Gasteiger partial charge on any atom is 0.0506 e. The molecule has 0 aromatic carbocycles. The lowest BCUT2D eigenvalue weighted by molar-refractivity contribution is 0.0285. The minimum absolute atomic E-state index is 0.578. The van der Waals surface area contributed by atoms with Crippen LogP contribution in [-0.2, 0) is 4.74 Å². The Balaban J connectivity index is 1.81. The summed E-state index contributed by atoms with van der Waals surface area (Å²) in [5, 5.41) is 0. The summed E-state index contributed by atoms with van der Waals surface area (Å²) in [6.45, 7) is 6.26. The lowest BCUT2D eigenvalue weighted by Crippen LogP contribution is -2.47. The molecule has 0 aromatic rings. The van der Waals surface area contributed by atoms with E-state index in [0.717, 1.165) is 44.1 Å². The molecule has 0 amide bonds. The molecular formula is C16H32N2O. The molecule has 0 spiro atoms. The maximum atomic E-state index is 6.07. The van der Waals surface area contributed by atoms with Crippen LogP contribution in [0.2, 0.25) is 0 Å². The summed E-state index contributed by atoms with van der Waals surface area (Å²) >= 11 is 0. The van der Waals surface area contributed by atoms with E-state index in [4.69, 9.17) is 10.5 Å². The number of nitrogens with two attached hydrogens (primary N) is 1.